The van der Waals surface area contributed by atoms with Gasteiger partial charge in [-0.2, -0.15) is 5.26 Å². The number of hydrogen-bond acceptors (Lipinski definition) is 1. The first-order valence-electron chi connectivity index (χ1n) is 12.5. The molecule has 1 unspecified atom stereocenters. The van der Waals surface area contributed by atoms with Crippen LogP contribution in [0, 0.1) is 17.2 Å². The summed E-state index contributed by atoms with van der Waals surface area (Å²) in [4.78, 5) is 0. The Bertz CT molecular complexity index is 1500. The SMILES string of the molecule is CC(CCC(C)(C)c1ccc(C#N)cc1)Cc1ccc2c3ccccc3n(-c3ccccc3)c2c1. The van der Waals surface area contributed by atoms with Crippen molar-refractivity contribution in [3.8, 4) is 11.8 Å². The zero-order valence-corrected chi connectivity index (χ0v) is 20.8. The molecule has 0 N–H and O–H groups in total. The zero-order valence-electron chi connectivity index (χ0n) is 20.8. The number of rotatable bonds is 7. The number of hydrogen-bond donors (Lipinski definition) is 0. The highest BCUT2D eigenvalue weighted by Crippen LogP contribution is 2.34. The van der Waals surface area contributed by atoms with Gasteiger partial charge in [-0.3, -0.25) is 0 Å². The summed E-state index contributed by atoms with van der Waals surface area (Å²) in [6, 6.07) is 36.7. The fourth-order valence-corrected chi connectivity index (χ4v) is 5.25. The van der Waals surface area contributed by atoms with Crippen LogP contribution in [0.5, 0.6) is 0 Å². The summed E-state index contributed by atoms with van der Waals surface area (Å²) < 4.78 is 2.40. The van der Waals surface area contributed by atoms with Crippen molar-refractivity contribution in [2.45, 2.75) is 45.4 Å². The zero-order chi connectivity index (χ0) is 24.4. The molecule has 5 rings (SSSR count). The van der Waals surface area contributed by atoms with E-state index in [0.717, 1.165) is 24.8 Å². The van der Waals surface area contributed by atoms with Gasteiger partial charge in [0.1, 0.15) is 0 Å². The number of benzene rings is 4. The summed E-state index contributed by atoms with van der Waals surface area (Å²) in [6.07, 6.45) is 3.34. The molecule has 2 nitrogen and oxygen atoms in total. The van der Waals surface area contributed by atoms with Gasteiger partial charge in [-0.25, -0.2) is 0 Å². The molecule has 0 aliphatic carbocycles. The van der Waals surface area contributed by atoms with Gasteiger partial charge in [0.25, 0.3) is 0 Å². The van der Waals surface area contributed by atoms with Crippen molar-refractivity contribution in [3.63, 3.8) is 0 Å². The second kappa shape index (κ2) is 9.43. The molecule has 1 heterocycles. The Labute approximate surface area is 208 Å². The third-order valence-corrected chi connectivity index (χ3v) is 7.39. The highest BCUT2D eigenvalue weighted by molar-refractivity contribution is 6.09. The van der Waals surface area contributed by atoms with E-state index in [-0.39, 0.29) is 5.41 Å². The Kier molecular flexibility index (Phi) is 6.18. The first-order chi connectivity index (χ1) is 17.0. The van der Waals surface area contributed by atoms with Crippen LogP contribution < -0.4 is 0 Å². The molecule has 0 radical (unpaired) electrons. The third kappa shape index (κ3) is 4.60. The average molecular weight is 457 g/mol. The van der Waals surface area contributed by atoms with Crippen molar-refractivity contribution in [1.29, 1.82) is 5.26 Å². The Morgan fingerprint density at radius 1 is 0.800 bits per heavy atom. The molecule has 174 valence electrons. The summed E-state index contributed by atoms with van der Waals surface area (Å²) in [5.41, 5.74) is 7.24. The Hall–Kier alpha value is -3.83. The van der Waals surface area contributed by atoms with E-state index in [1.165, 1.54) is 38.6 Å². The second-order valence-electron chi connectivity index (χ2n) is 10.5. The van der Waals surface area contributed by atoms with E-state index in [0.29, 0.717) is 5.92 Å². The minimum Gasteiger partial charge on any atom is -0.309 e. The van der Waals surface area contributed by atoms with Crippen LogP contribution in [0.1, 0.15) is 50.3 Å². The van der Waals surface area contributed by atoms with E-state index in [9.17, 15) is 0 Å². The van der Waals surface area contributed by atoms with E-state index < -0.39 is 0 Å². The maximum atomic E-state index is 9.09. The topological polar surface area (TPSA) is 28.7 Å². The summed E-state index contributed by atoms with van der Waals surface area (Å²) >= 11 is 0. The van der Waals surface area contributed by atoms with Crippen LogP contribution in [0.3, 0.4) is 0 Å². The largest absolute Gasteiger partial charge is 0.309 e. The summed E-state index contributed by atoms with van der Waals surface area (Å²) in [7, 11) is 0. The summed E-state index contributed by atoms with van der Waals surface area (Å²) in [6.45, 7) is 6.99. The van der Waals surface area contributed by atoms with Gasteiger partial charge in [-0.15, -0.1) is 0 Å². The average Bonchev–Trinajstić information content (AvgIpc) is 3.22. The molecule has 0 aliphatic heterocycles. The third-order valence-electron chi connectivity index (χ3n) is 7.39. The molecule has 5 aromatic rings. The number of para-hydroxylation sites is 2. The molecule has 1 aromatic heterocycles. The molecule has 2 heteroatoms. The molecule has 0 bridgehead atoms. The highest BCUT2D eigenvalue weighted by atomic mass is 15.0. The van der Waals surface area contributed by atoms with Crippen molar-refractivity contribution in [2.24, 2.45) is 5.92 Å². The lowest BCUT2D eigenvalue weighted by molar-refractivity contribution is 0.398. The molecule has 0 aliphatic rings. The van der Waals surface area contributed by atoms with Crippen molar-refractivity contribution >= 4 is 21.8 Å². The summed E-state index contributed by atoms with van der Waals surface area (Å²) in [5.74, 6) is 0.583. The van der Waals surface area contributed by atoms with E-state index in [1.54, 1.807) is 0 Å². The van der Waals surface area contributed by atoms with E-state index >= 15 is 0 Å². The summed E-state index contributed by atoms with van der Waals surface area (Å²) in [5, 5.41) is 11.7. The normalized spacial score (nSPS) is 12.6. The maximum Gasteiger partial charge on any atom is 0.0991 e. The monoisotopic (exact) mass is 456 g/mol. The molecule has 35 heavy (non-hydrogen) atoms. The smallest absolute Gasteiger partial charge is 0.0991 e. The Morgan fingerprint density at radius 3 is 2.23 bits per heavy atom. The van der Waals surface area contributed by atoms with Crippen LogP contribution >= 0.6 is 0 Å². The van der Waals surface area contributed by atoms with E-state index in [4.69, 9.17) is 5.26 Å². The van der Waals surface area contributed by atoms with Gasteiger partial charge in [-0.1, -0.05) is 81.4 Å². The number of nitrogens with zero attached hydrogens (tertiary/aromatic N) is 2. The number of fused-ring (bicyclic) bond motifs is 3. The van der Waals surface area contributed by atoms with Crippen LogP contribution in [0.2, 0.25) is 0 Å². The van der Waals surface area contributed by atoms with Gasteiger partial charge >= 0.3 is 0 Å². The van der Waals surface area contributed by atoms with Gasteiger partial charge < -0.3 is 4.57 Å². The Morgan fingerprint density at radius 2 is 1.49 bits per heavy atom. The fraction of sp³-hybridized carbons (Fsp3) is 0.242. The Balaban J connectivity index is 1.38. The molecule has 0 amide bonds. The quantitative estimate of drug-likeness (QED) is 0.241. The van der Waals surface area contributed by atoms with Gasteiger partial charge in [0, 0.05) is 16.5 Å². The lowest BCUT2D eigenvalue weighted by atomic mass is 9.78. The first kappa shape index (κ1) is 22.9. The van der Waals surface area contributed by atoms with E-state index in [2.05, 4.69) is 116 Å². The molecular formula is C33H32N2. The van der Waals surface area contributed by atoms with Gasteiger partial charge in [-0.05, 0) is 78.1 Å². The molecule has 0 saturated heterocycles. The van der Waals surface area contributed by atoms with Crippen LogP contribution in [0.4, 0.5) is 0 Å². The second-order valence-corrected chi connectivity index (χ2v) is 10.5. The lowest BCUT2D eigenvalue weighted by Gasteiger charge is -2.27. The van der Waals surface area contributed by atoms with Gasteiger partial charge in [0.15, 0.2) is 0 Å². The maximum absolute atomic E-state index is 9.09. The highest BCUT2D eigenvalue weighted by Gasteiger charge is 2.22. The van der Waals surface area contributed by atoms with Crippen molar-refractivity contribution in [1.82, 2.24) is 4.57 Å². The van der Waals surface area contributed by atoms with Crippen LogP contribution in [0.15, 0.2) is 97.1 Å². The number of nitriles is 1. The van der Waals surface area contributed by atoms with Crippen LogP contribution in [0.25, 0.3) is 27.5 Å². The van der Waals surface area contributed by atoms with Crippen molar-refractivity contribution < 1.29 is 0 Å². The molecule has 0 fully saturated rings. The number of aromatic nitrogens is 1. The predicted molar refractivity (Wildman–Crippen MR) is 147 cm³/mol. The molecule has 0 saturated carbocycles. The van der Waals surface area contributed by atoms with Crippen LogP contribution in [-0.4, -0.2) is 4.57 Å². The lowest BCUT2D eigenvalue weighted by Crippen LogP contribution is -2.18. The van der Waals surface area contributed by atoms with Gasteiger partial charge in [0.05, 0.1) is 22.7 Å². The minimum atomic E-state index is 0.0892. The first-order valence-corrected chi connectivity index (χ1v) is 12.5. The van der Waals surface area contributed by atoms with Crippen molar-refractivity contribution in [3.05, 3.63) is 114 Å². The molecule has 0 spiro atoms. The van der Waals surface area contributed by atoms with E-state index in [1.807, 2.05) is 12.1 Å². The molecular weight excluding hydrogens is 424 g/mol. The van der Waals surface area contributed by atoms with Gasteiger partial charge in [0.2, 0.25) is 0 Å². The van der Waals surface area contributed by atoms with Crippen molar-refractivity contribution in [2.75, 3.05) is 0 Å². The minimum absolute atomic E-state index is 0.0892. The molecule has 1 atom stereocenters. The standard InChI is InChI=1S/C33H32N2/c1-24(19-20-33(2,3)27-16-13-25(23-34)14-17-27)21-26-15-18-30-29-11-7-8-12-31(29)35(32(30)22-26)28-9-5-4-6-10-28/h4-18,22,24H,19-21H2,1-3H3. The fourth-order valence-electron chi connectivity index (χ4n) is 5.25. The molecule has 4 aromatic carbocycles. The predicted octanol–water partition coefficient (Wildman–Crippen LogP) is 8.59. The van der Waals surface area contributed by atoms with Crippen LogP contribution in [-0.2, 0) is 11.8 Å².